The topological polar surface area (TPSA) is 40.2 Å². The zero-order valence-corrected chi connectivity index (χ0v) is 7.53. The highest BCUT2D eigenvalue weighted by molar-refractivity contribution is 5.80. The Morgan fingerprint density at radius 3 is 3.00 bits per heavy atom. The largest absolute Gasteiger partial charge is 0.351 e. The molecule has 0 unspecified atom stereocenters. The Morgan fingerprint density at radius 2 is 2.23 bits per heavy atom. The van der Waals surface area contributed by atoms with Crippen LogP contribution in [0.25, 0.3) is 10.9 Å². The first-order valence-corrected chi connectivity index (χ1v) is 4.17. The zero-order valence-electron chi connectivity index (χ0n) is 7.53. The molecule has 3 nitrogen and oxygen atoms in total. The summed E-state index contributed by atoms with van der Waals surface area (Å²) in [5, 5.41) is 1.22. The van der Waals surface area contributed by atoms with Crippen molar-refractivity contribution in [2.75, 3.05) is 0 Å². The SMILES string of the molecule is Cn1ccc2cc(CON)ccc21. The van der Waals surface area contributed by atoms with E-state index in [0.717, 1.165) is 5.56 Å². The fourth-order valence-electron chi connectivity index (χ4n) is 1.52. The third-order valence-electron chi connectivity index (χ3n) is 2.20. The van der Waals surface area contributed by atoms with Gasteiger partial charge in [-0.25, -0.2) is 5.90 Å². The van der Waals surface area contributed by atoms with Gasteiger partial charge in [-0.1, -0.05) is 6.07 Å². The number of rotatable bonds is 2. The van der Waals surface area contributed by atoms with Crippen molar-refractivity contribution in [2.45, 2.75) is 6.61 Å². The lowest BCUT2D eigenvalue weighted by Gasteiger charge is -2.00. The highest BCUT2D eigenvalue weighted by Gasteiger charge is 1.98. The lowest BCUT2D eigenvalue weighted by molar-refractivity contribution is 0.124. The normalized spacial score (nSPS) is 10.9. The predicted octanol–water partition coefficient (Wildman–Crippen LogP) is 1.57. The third kappa shape index (κ3) is 1.43. The van der Waals surface area contributed by atoms with Gasteiger partial charge in [-0.05, 0) is 29.1 Å². The van der Waals surface area contributed by atoms with E-state index >= 15 is 0 Å². The van der Waals surface area contributed by atoms with Crippen LogP contribution in [0.2, 0.25) is 0 Å². The summed E-state index contributed by atoms with van der Waals surface area (Å²) >= 11 is 0. The minimum atomic E-state index is 0.463. The van der Waals surface area contributed by atoms with Crippen molar-refractivity contribution in [3.63, 3.8) is 0 Å². The lowest BCUT2D eigenvalue weighted by atomic mass is 10.2. The molecule has 0 spiro atoms. The molecular weight excluding hydrogens is 164 g/mol. The summed E-state index contributed by atoms with van der Waals surface area (Å²) in [5.41, 5.74) is 2.32. The minimum Gasteiger partial charge on any atom is -0.351 e. The van der Waals surface area contributed by atoms with Crippen molar-refractivity contribution < 1.29 is 4.84 Å². The molecule has 0 atom stereocenters. The van der Waals surface area contributed by atoms with Gasteiger partial charge in [0, 0.05) is 18.8 Å². The number of hydrogen-bond donors (Lipinski definition) is 1. The highest BCUT2D eigenvalue weighted by Crippen LogP contribution is 2.16. The van der Waals surface area contributed by atoms with Gasteiger partial charge >= 0.3 is 0 Å². The zero-order chi connectivity index (χ0) is 9.26. The number of benzene rings is 1. The van der Waals surface area contributed by atoms with Crippen molar-refractivity contribution in [3.05, 3.63) is 36.0 Å². The van der Waals surface area contributed by atoms with Crippen LogP contribution in [0.5, 0.6) is 0 Å². The molecule has 0 fully saturated rings. The molecule has 2 aromatic rings. The molecule has 0 bridgehead atoms. The lowest BCUT2D eigenvalue weighted by Crippen LogP contribution is -1.98. The molecule has 0 aliphatic heterocycles. The molecule has 2 rings (SSSR count). The number of hydrogen-bond acceptors (Lipinski definition) is 2. The maximum atomic E-state index is 5.00. The molecule has 0 saturated heterocycles. The predicted molar refractivity (Wildman–Crippen MR) is 51.9 cm³/mol. The standard InChI is InChI=1S/C10H12N2O/c1-12-5-4-9-6-8(7-13-11)2-3-10(9)12/h2-6H,7,11H2,1H3. The molecule has 0 amide bonds. The van der Waals surface area contributed by atoms with Crippen molar-refractivity contribution in [1.29, 1.82) is 0 Å². The number of nitrogens with two attached hydrogens (primary N) is 1. The van der Waals surface area contributed by atoms with Gasteiger partial charge in [0.25, 0.3) is 0 Å². The highest BCUT2D eigenvalue weighted by atomic mass is 16.6. The summed E-state index contributed by atoms with van der Waals surface area (Å²) in [7, 11) is 2.03. The molecular formula is C10H12N2O. The van der Waals surface area contributed by atoms with Gasteiger partial charge < -0.3 is 4.57 Å². The van der Waals surface area contributed by atoms with Crippen molar-refractivity contribution in [3.8, 4) is 0 Å². The van der Waals surface area contributed by atoms with Crippen LogP contribution >= 0.6 is 0 Å². The third-order valence-corrected chi connectivity index (χ3v) is 2.20. The Kier molecular flexibility index (Phi) is 2.04. The molecule has 3 heteroatoms. The maximum absolute atomic E-state index is 5.00. The van der Waals surface area contributed by atoms with Gasteiger partial charge in [0.2, 0.25) is 0 Å². The molecule has 1 aromatic heterocycles. The van der Waals surface area contributed by atoms with Crippen LogP contribution in [0.3, 0.4) is 0 Å². The quantitative estimate of drug-likeness (QED) is 0.705. The van der Waals surface area contributed by atoms with E-state index in [2.05, 4.69) is 27.6 Å². The fourth-order valence-corrected chi connectivity index (χ4v) is 1.52. The number of fused-ring (bicyclic) bond motifs is 1. The van der Waals surface area contributed by atoms with E-state index in [4.69, 9.17) is 5.90 Å². The van der Waals surface area contributed by atoms with Crippen molar-refractivity contribution in [2.24, 2.45) is 12.9 Å². The van der Waals surface area contributed by atoms with E-state index < -0.39 is 0 Å². The average molecular weight is 176 g/mol. The molecule has 0 aliphatic carbocycles. The Hall–Kier alpha value is -1.32. The van der Waals surface area contributed by atoms with Gasteiger partial charge in [-0.15, -0.1) is 0 Å². The van der Waals surface area contributed by atoms with Crippen LogP contribution in [-0.4, -0.2) is 4.57 Å². The first kappa shape index (κ1) is 8.29. The monoisotopic (exact) mass is 176 g/mol. The summed E-state index contributed by atoms with van der Waals surface area (Å²) in [6.45, 7) is 0.463. The Bertz CT molecular complexity index is 420. The van der Waals surface area contributed by atoms with Crippen LogP contribution in [-0.2, 0) is 18.5 Å². The van der Waals surface area contributed by atoms with E-state index in [1.54, 1.807) is 0 Å². The van der Waals surface area contributed by atoms with Crippen LogP contribution < -0.4 is 5.90 Å². The van der Waals surface area contributed by atoms with E-state index in [-0.39, 0.29) is 0 Å². The minimum absolute atomic E-state index is 0.463. The van der Waals surface area contributed by atoms with Crippen molar-refractivity contribution in [1.82, 2.24) is 4.57 Å². The molecule has 2 N–H and O–H groups in total. The maximum Gasteiger partial charge on any atom is 0.0930 e. The van der Waals surface area contributed by atoms with E-state index in [1.165, 1.54) is 10.9 Å². The number of aromatic nitrogens is 1. The molecule has 0 aliphatic rings. The van der Waals surface area contributed by atoms with Crippen LogP contribution in [0, 0.1) is 0 Å². The Labute approximate surface area is 76.7 Å². The molecule has 13 heavy (non-hydrogen) atoms. The van der Waals surface area contributed by atoms with E-state index in [1.807, 2.05) is 19.3 Å². The second-order valence-electron chi connectivity index (χ2n) is 3.13. The first-order valence-electron chi connectivity index (χ1n) is 4.17. The van der Waals surface area contributed by atoms with Gasteiger partial charge in [0.1, 0.15) is 0 Å². The second kappa shape index (κ2) is 3.20. The fraction of sp³-hybridized carbons (Fsp3) is 0.200. The second-order valence-corrected chi connectivity index (χ2v) is 3.13. The smallest absolute Gasteiger partial charge is 0.0930 e. The number of nitrogens with zero attached hydrogens (tertiary/aromatic N) is 1. The van der Waals surface area contributed by atoms with Gasteiger partial charge in [0.15, 0.2) is 0 Å². The Balaban J connectivity index is 2.50. The van der Waals surface area contributed by atoms with Crippen LogP contribution in [0.15, 0.2) is 30.5 Å². The molecule has 0 radical (unpaired) electrons. The van der Waals surface area contributed by atoms with E-state index in [9.17, 15) is 0 Å². The van der Waals surface area contributed by atoms with Gasteiger partial charge in [-0.2, -0.15) is 0 Å². The van der Waals surface area contributed by atoms with E-state index in [0.29, 0.717) is 6.61 Å². The van der Waals surface area contributed by atoms with Crippen LogP contribution in [0.1, 0.15) is 5.56 Å². The molecule has 1 aromatic carbocycles. The molecule has 0 saturated carbocycles. The van der Waals surface area contributed by atoms with Gasteiger partial charge in [-0.3, -0.25) is 4.84 Å². The summed E-state index contributed by atoms with van der Waals surface area (Å²) in [6, 6.07) is 8.26. The molecule has 1 heterocycles. The molecule has 68 valence electrons. The number of aryl methyl sites for hydroxylation is 1. The summed E-state index contributed by atoms with van der Waals surface area (Å²) in [4.78, 5) is 4.58. The first-order chi connectivity index (χ1) is 6.31. The summed E-state index contributed by atoms with van der Waals surface area (Å²) in [5.74, 6) is 5.00. The van der Waals surface area contributed by atoms with Crippen molar-refractivity contribution >= 4 is 10.9 Å². The van der Waals surface area contributed by atoms with Gasteiger partial charge in [0.05, 0.1) is 6.61 Å². The average Bonchev–Trinajstić information content (AvgIpc) is 2.48. The summed E-state index contributed by atoms with van der Waals surface area (Å²) < 4.78 is 2.09. The summed E-state index contributed by atoms with van der Waals surface area (Å²) in [6.07, 6.45) is 2.04. The Morgan fingerprint density at radius 1 is 1.38 bits per heavy atom. The van der Waals surface area contributed by atoms with Crippen LogP contribution in [0.4, 0.5) is 0 Å².